The van der Waals surface area contributed by atoms with Gasteiger partial charge < -0.3 is 9.73 Å². The van der Waals surface area contributed by atoms with Crippen molar-refractivity contribution < 1.29 is 9.21 Å². The molecule has 0 saturated heterocycles. The number of amides is 1. The van der Waals surface area contributed by atoms with Crippen molar-refractivity contribution in [2.24, 2.45) is 5.92 Å². The number of halogens is 1. The first-order valence-corrected chi connectivity index (χ1v) is 6.70. The number of nitrogens with one attached hydrogen (secondary N) is 1. The molecule has 17 heavy (non-hydrogen) atoms. The molecule has 1 amide bonds. The summed E-state index contributed by atoms with van der Waals surface area (Å²) in [4.78, 5) is 11.8. The largest absolute Gasteiger partial charge is 0.469 e. The molecule has 1 aliphatic carbocycles. The first kappa shape index (κ1) is 12.5. The second kappa shape index (κ2) is 6.10. The third-order valence-electron chi connectivity index (χ3n) is 3.38. The van der Waals surface area contributed by atoms with E-state index in [1.165, 1.54) is 6.42 Å². The van der Waals surface area contributed by atoms with Crippen LogP contribution in [-0.4, -0.2) is 17.8 Å². The monoisotopic (exact) mass is 255 g/mol. The maximum absolute atomic E-state index is 11.8. The minimum absolute atomic E-state index is 0.100. The highest BCUT2D eigenvalue weighted by Gasteiger charge is 2.27. The molecule has 1 aliphatic rings. The molecule has 1 aromatic heterocycles. The molecular formula is C13H18ClNO2. The maximum Gasteiger partial charge on any atom is 0.220 e. The van der Waals surface area contributed by atoms with Crippen molar-refractivity contribution in [2.45, 2.75) is 38.1 Å². The van der Waals surface area contributed by atoms with Gasteiger partial charge in [0.1, 0.15) is 5.76 Å². The van der Waals surface area contributed by atoms with E-state index in [9.17, 15) is 4.79 Å². The van der Waals surface area contributed by atoms with Gasteiger partial charge in [0.25, 0.3) is 0 Å². The second-order valence-corrected chi connectivity index (χ2v) is 4.91. The molecule has 0 aliphatic heterocycles. The molecule has 1 fully saturated rings. The van der Waals surface area contributed by atoms with Crippen LogP contribution < -0.4 is 5.32 Å². The van der Waals surface area contributed by atoms with E-state index < -0.39 is 0 Å². The van der Waals surface area contributed by atoms with Crippen molar-refractivity contribution in [3.63, 3.8) is 0 Å². The minimum atomic E-state index is 0.100. The fourth-order valence-corrected chi connectivity index (χ4v) is 2.75. The third kappa shape index (κ3) is 3.50. The first-order chi connectivity index (χ1) is 8.29. The molecule has 1 heterocycles. The highest BCUT2D eigenvalue weighted by Crippen LogP contribution is 2.26. The normalized spacial score (nSPS) is 23.8. The van der Waals surface area contributed by atoms with Gasteiger partial charge in [-0.15, -0.1) is 11.6 Å². The van der Waals surface area contributed by atoms with Gasteiger partial charge in [-0.1, -0.05) is 6.42 Å². The van der Waals surface area contributed by atoms with Crippen LogP contribution in [0.4, 0.5) is 0 Å². The summed E-state index contributed by atoms with van der Waals surface area (Å²) >= 11 is 5.88. The number of rotatable bonds is 5. The summed E-state index contributed by atoms with van der Waals surface area (Å²) in [6.07, 6.45) is 6.14. The summed E-state index contributed by atoms with van der Waals surface area (Å²) in [7, 11) is 0. The van der Waals surface area contributed by atoms with Gasteiger partial charge in [-0.25, -0.2) is 0 Å². The van der Waals surface area contributed by atoms with Gasteiger partial charge in [-0.3, -0.25) is 4.79 Å². The van der Waals surface area contributed by atoms with Crippen LogP contribution in [0.3, 0.4) is 0 Å². The van der Waals surface area contributed by atoms with Crippen molar-refractivity contribution in [1.82, 2.24) is 5.32 Å². The van der Waals surface area contributed by atoms with Gasteiger partial charge in [0.2, 0.25) is 5.91 Å². The lowest BCUT2D eigenvalue weighted by molar-refractivity contribution is -0.122. The van der Waals surface area contributed by atoms with E-state index >= 15 is 0 Å². The number of carbonyl (C=O) groups excluding carboxylic acids is 1. The molecule has 0 spiro atoms. The van der Waals surface area contributed by atoms with Crippen molar-refractivity contribution in [3.05, 3.63) is 24.2 Å². The van der Waals surface area contributed by atoms with Gasteiger partial charge in [-0.2, -0.15) is 0 Å². The van der Waals surface area contributed by atoms with Crippen LogP contribution in [-0.2, 0) is 11.2 Å². The molecule has 94 valence electrons. The Balaban J connectivity index is 1.73. The van der Waals surface area contributed by atoms with Crippen LogP contribution in [0.1, 0.15) is 31.4 Å². The van der Waals surface area contributed by atoms with Gasteiger partial charge in [-0.05, 0) is 30.9 Å². The fourth-order valence-electron chi connectivity index (χ4n) is 2.38. The average Bonchev–Trinajstić information content (AvgIpc) is 2.97. The Kier molecular flexibility index (Phi) is 4.49. The molecule has 2 unspecified atom stereocenters. The summed E-state index contributed by atoms with van der Waals surface area (Å²) in [5.74, 6) is 2.05. The smallest absolute Gasteiger partial charge is 0.220 e. The minimum Gasteiger partial charge on any atom is -0.469 e. The Bertz CT molecular complexity index is 350. The molecule has 2 atom stereocenters. The Morgan fingerprint density at radius 1 is 1.53 bits per heavy atom. The number of hydrogen-bond donors (Lipinski definition) is 1. The Labute approximate surface area is 107 Å². The molecule has 1 aromatic rings. The molecule has 0 aromatic carbocycles. The van der Waals surface area contributed by atoms with E-state index in [0.29, 0.717) is 24.6 Å². The van der Waals surface area contributed by atoms with Crippen LogP contribution in [0.15, 0.2) is 22.8 Å². The summed E-state index contributed by atoms with van der Waals surface area (Å²) in [5, 5.41) is 3.08. The zero-order valence-corrected chi connectivity index (χ0v) is 10.6. The standard InChI is InChI=1S/C13H18ClNO2/c14-9-10-3-1-5-12(10)15-13(16)7-6-11-4-2-8-17-11/h2,4,8,10,12H,1,3,5-7,9H2,(H,15,16). The van der Waals surface area contributed by atoms with Crippen LogP contribution in [0.2, 0.25) is 0 Å². The predicted molar refractivity (Wildman–Crippen MR) is 67.0 cm³/mol. The van der Waals surface area contributed by atoms with Crippen LogP contribution in [0, 0.1) is 5.92 Å². The van der Waals surface area contributed by atoms with Crippen LogP contribution >= 0.6 is 11.6 Å². The van der Waals surface area contributed by atoms with Crippen LogP contribution in [0.5, 0.6) is 0 Å². The molecule has 0 bridgehead atoms. The van der Waals surface area contributed by atoms with Crippen molar-refractivity contribution in [3.8, 4) is 0 Å². The molecule has 3 nitrogen and oxygen atoms in total. The van der Waals surface area contributed by atoms with Gasteiger partial charge in [0, 0.05) is 24.8 Å². The molecule has 1 saturated carbocycles. The lowest BCUT2D eigenvalue weighted by Crippen LogP contribution is -2.38. The Morgan fingerprint density at radius 3 is 3.12 bits per heavy atom. The highest BCUT2D eigenvalue weighted by atomic mass is 35.5. The SMILES string of the molecule is O=C(CCc1ccco1)NC1CCCC1CCl. The maximum atomic E-state index is 11.8. The summed E-state index contributed by atoms with van der Waals surface area (Å²) in [6.45, 7) is 0. The molecule has 2 rings (SSSR count). The van der Waals surface area contributed by atoms with Crippen molar-refractivity contribution in [1.29, 1.82) is 0 Å². The lowest BCUT2D eigenvalue weighted by atomic mass is 10.1. The average molecular weight is 256 g/mol. The van der Waals surface area contributed by atoms with E-state index in [2.05, 4.69) is 5.32 Å². The Morgan fingerprint density at radius 2 is 2.41 bits per heavy atom. The van der Waals surface area contributed by atoms with E-state index in [1.807, 2.05) is 12.1 Å². The van der Waals surface area contributed by atoms with E-state index in [4.69, 9.17) is 16.0 Å². The number of aryl methyl sites for hydroxylation is 1. The number of carbonyl (C=O) groups is 1. The van der Waals surface area contributed by atoms with Crippen molar-refractivity contribution >= 4 is 17.5 Å². The quantitative estimate of drug-likeness (QED) is 0.822. The van der Waals surface area contributed by atoms with Gasteiger partial charge in [0.05, 0.1) is 6.26 Å². The summed E-state index contributed by atoms with van der Waals surface area (Å²) < 4.78 is 5.20. The zero-order chi connectivity index (χ0) is 12.1. The van der Waals surface area contributed by atoms with E-state index in [0.717, 1.165) is 18.6 Å². The lowest BCUT2D eigenvalue weighted by Gasteiger charge is -2.18. The molecular weight excluding hydrogens is 238 g/mol. The molecule has 1 N–H and O–H groups in total. The summed E-state index contributed by atoms with van der Waals surface area (Å²) in [6, 6.07) is 4.01. The van der Waals surface area contributed by atoms with Gasteiger partial charge >= 0.3 is 0 Å². The van der Waals surface area contributed by atoms with E-state index in [1.54, 1.807) is 6.26 Å². The fraction of sp³-hybridized carbons (Fsp3) is 0.615. The summed E-state index contributed by atoms with van der Waals surface area (Å²) in [5.41, 5.74) is 0. The number of furan rings is 1. The number of alkyl halides is 1. The number of hydrogen-bond acceptors (Lipinski definition) is 2. The molecule has 0 radical (unpaired) electrons. The second-order valence-electron chi connectivity index (χ2n) is 4.60. The van der Waals surface area contributed by atoms with E-state index in [-0.39, 0.29) is 11.9 Å². The Hall–Kier alpha value is -0.960. The van der Waals surface area contributed by atoms with Crippen molar-refractivity contribution in [2.75, 3.05) is 5.88 Å². The third-order valence-corrected chi connectivity index (χ3v) is 3.78. The molecule has 4 heteroatoms. The highest BCUT2D eigenvalue weighted by molar-refractivity contribution is 6.18. The van der Waals surface area contributed by atoms with Gasteiger partial charge in [0.15, 0.2) is 0 Å². The first-order valence-electron chi connectivity index (χ1n) is 6.17. The zero-order valence-electron chi connectivity index (χ0n) is 9.82. The predicted octanol–water partition coefficient (Wildman–Crippen LogP) is 2.74. The topological polar surface area (TPSA) is 42.2 Å². The van der Waals surface area contributed by atoms with Crippen LogP contribution in [0.25, 0.3) is 0 Å².